The van der Waals surface area contributed by atoms with Crippen LogP contribution in [0.15, 0.2) is 72.9 Å². The predicted molar refractivity (Wildman–Crippen MR) is 311 cm³/mol. The highest BCUT2D eigenvalue weighted by atomic mass is 16.6. The van der Waals surface area contributed by atoms with E-state index in [0.717, 1.165) is 122 Å². The number of hydrogen-bond acceptors (Lipinski definition) is 6. The molecule has 0 aliphatic heterocycles. The lowest BCUT2D eigenvalue weighted by atomic mass is 10.0. The number of rotatable bonds is 56. The number of hydrogen-bond donors (Lipinski definition) is 0. The predicted octanol–water partition coefficient (Wildman–Crippen LogP) is 20.9. The summed E-state index contributed by atoms with van der Waals surface area (Å²) in [5.41, 5.74) is 0. The number of carbonyl (C=O) groups excluding carboxylic acids is 3. The Morgan fingerprint density at radius 2 is 0.542 bits per heavy atom. The first-order chi connectivity index (χ1) is 35.5. The maximum atomic E-state index is 12.9. The molecule has 0 bridgehead atoms. The highest BCUT2D eigenvalue weighted by Gasteiger charge is 2.19. The summed E-state index contributed by atoms with van der Waals surface area (Å²) in [6.07, 6.45) is 77.6. The van der Waals surface area contributed by atoms with E-state index in [4.69, 9.17) is 14.2 Å². The van der Waals surface area contributed by atoms with Crippen LogP contribution in [0.4, 0.5) is 0 Å². The molecule has 416 valence electrons. The number of allylic oxidation sites excluding steroid dienone is 12. The van der Waals surface area contributed by atoms with Gasteiger partial charge in [0, 0.05) is 19.3 Å². The fraction of sp³-hybridized carbons (Fsp3) is 0.773. The van der Waals surface area contributed by atoms with Crippen molar-refractivity contribution in [1.29, 1.82) is 0 Å². The van der Waals surface area contributed by atoms with Crippen molar-refractivity contribution in [2.45, 2.75) is 316 Å². The molecule has 6 nitrogen and oxygen atoms in total. The number of carbonyl (C=O) groups is 3. The molecule has 0 saturated heterocycles. The lowest BCUT2D eigenvalue weighted by Gasteiger charge is -2.18. The van der Waals surface area contributed by atoms with E-state index in [1.54, 1.807) is 0 Å². The summed E-state index contributed by atoms with van der Waals surface area (Å²) in [6.45, 7) is 6.51. The van der Waals surface area contributed by atoms with E-state index in [1.165, 1.54) is 148 Å². The van der Waals surface area contributed by atoms with Crippen LogP contribution in [-0.4, -0.2) is 37.2 Å². The second-order valence-corrected chi connectivity index (χ2v) is 20.6. The van der Waals surface area contributed by atoms with Gasteiger partial charge in [0.1, 0.15) is 13.2 Å². The van der Waals surface area contributed by atoms with Crippen molar-refractivity contribution in [3.63, 3.8) is 0 Å². The molecule has 0 fully saturated rings. The molecule has 1 atom stereocenters. The molecule has 1 unspecified atom stereocenters. The molecule has 72 heavy (non-hydrogen) atoms. The number of esters is 3. The van der Waals surface area contributed by atoms with Gasteiger partial charge in [-0.2, -0.15) is 0 Å². The molecule has 0 aliphatic rings. The molecule has 0 rings (SSSR count). The van der Waals surface area contributed by atoms with E-state index in [0.29, 0.717) is 19.3 Å². The van der Waals surface area contributed by atoms with Crippen LogP contribution in [0.5, 0.6) is 0 Å². The SMILES string of the molecule is CC/C=C\C/C=C\C/C=C\CCCCCCCC(=O)OCC(COC(=O)CCCCCCCCCCCCC/C=C\CCCCCCCCCC)OC(=O)CCCCCCC/C=C\C/C=C\CCCCCC. The molecule has 0 radical (unpaired) electrons. The van der Waals surface area contributed by atoms with Gasteiger partial charge < -0.3 is 14.2 Å². The average Bonchev–Trinajstić information content (AvgIpc) is 3.38. The van der Waals surface area contributed by atoms with Crippen molar-refractivity contribution < 1.29 is 28.6 Å². The standard InChI is InChI=1S/C66H116O6/c1-4-7-10-13-16-19-22-25-28-30-31-32-33-34-35-36-39-41-44-47-50-53-56-59-65(68)71-62-63(61-70-64(67)58-55-52-49-46-43-40-37-27-24-21-18-15-12-9-6-3)72-66(69)60-57-54-51-48-45-42-38-29-26-23-20-17-14-11-8-5-2/h9,12,18,20-21,23,27,29-31,37-38,63H,4-8,10-11,13-17,19,22,24-26,28,32-36,39-62H2,1-3H3/b12-9-,21-18-,23-20-,31-30-,37-27-,38-29-. The molecule has 0 heterocycles. The van der Waals surface area contributed by atoms with Crippen LogP contribution in [0, 0.1) is 0 Å². The minimum atomic E-state index is -0.791. The van der Waals surface area contributed by atoms with E-state index in [-0.39, 0.29) is 31.1 Å². The first-order valence-electron chi connectivity index (χ1n) is 30.9. The van der Waals surface area contributed by atoms with Crippen molar-refractivity contribution in [1.82, 2.24) is 0 Å². The number of unbranched alkanes of at least 4 members (excludes halogenated alkanes) is 33. The Morgan fingerprint density at radius 1 is 0.292 bits per heavy atom. The van der Waals surface area contributed by atoms with Crippen LogP contribution in [0.25, 0.3) is 0 Å². The lowest BCUT2D eigenvalue weighted by molar-refractivity contribution is -0.167. The van der Waals surface area contributed by atoms with E-state index in [1.807, 2.05) is 0 Å². The summed E-state index contributed by atoms with van der Waals surface area (Å²) >= 11 is 0. The maximum absolute atomic E-state index is 12.9. The summed E-state index contributed by atoms with van der Waals surface area (Å²) in [7, 11) is 0. The third kappa shape index (κ3) is 57.7. The normalized spacial score (nSPS) is 12.5. The zero-order valence-electron chi connectivity index (χ0n) is 47.7. The summed E-state index contributed by atoms with van der Waals surface area (Å²) in [5.74, 6) is -0.907. The van der Waals surface area contributed by atoms with E-state index >= 15 is 0 Å². The van der Waals surface area contributed by atoms with Crippen LogP contribution in [0.2, 0.25) is 0 Å². The van der Waals surface area contributed by atoms with Crippen LogP contribution < -0.4 is 0 Å². The van der Waals surface area contributed by atoms with Gasteiger partial charge in [0.05, 0.1) is 0 Å². The van der Waals surface area contributed by atoms with Gasteiger partial charge in [-0.3, -0.25) is 14.4 Å². The quantitative estimate of drug-likeness (QED) is 0.0261. The van der Waals surface area contributed by atoms with Gasteiger partial charge >= 0.3 is 17.9 Å². The second-order valence-electron chi connectivity index (χ2n) is 20.6. The zero-order chi connectivity index (χ0) is 52.2. The van der Waals surface area contributed by atoms with Crippen LogP contribution in [0.1, 0.15) is 310 Å². The largest absolute Gasteiger partial charge is 0.462 e. The van der Waals surface area contributed by atoms with E-state index in [2.05, 4.69) is 93.7 Å². The molecular formula is C66H116O6. The number of ether oxygens (including phenoxy) is 3. The molecule has 0 N–H and O–H groups in total. The Hall–Kier alpha value is -3.15. The smallest absolute Gasteiger partial charge is 0.306 e. The van der Waals surface area contributed by atoms with Crippen LogP contribution >= 0.6 is 0 Å². The fourth-order valence-corrected chi connectivity index (χ4v) is 8.78. The molecule has 0 spiro atoms. The van der Waals surface area contributed by atoms with Crippen LogP contribution in [-0.2, 0) is 28.6 Å². The minimum Gasteiger partial charge on any atom is -0.462 e. The maximum Gasteiger partial charge on any atom is 0.306 e. The summed E-state index contributed by atoms with van der Waals surface area (Å²) in [6, 6.07) is 0. The molecular weight excluding hydrogens is 889 g/mol. The molecule has 0 saturated carbocycles. The lowest BCUT2D eigenvalue weighted by Crippen LogP contribution is -2.30. The van der Waals surface area contributed by atoms with Gasteiger partial charge in [0.15, 0.2) is 6.10 Å². The third-order valence-electron chi connectivity index (χ3n) is 13.4. The van der Waals surface area contributed by atoms with Gasteiger partial charge in [-0.25, -0.2) is 0 Å². The Labute approximate surface area is 446 Å². The van der Waals surface area contributed by atoms with Crippen LogP contribution in [0.3, 0.4) is 0 Å². The van der Waals surface area contributed by atoms with Gasteiger partial charge in [-0.05, 0) is 109 Å². The van der Waals surface area contributed by atoms with Crippen molar-refractivity contribution in [2.24, 2.45) is 0 Å². The zero-order valence-corrected chi connectivity index (χ0v) is 47.7. The first kappa shape index (κ1) is 68.8. The highest BCUT2D eigenvalue weighted by molar-refractivity contribution is 5.71. The van der Waals surface area contributed by atoms with Gasteiger partial charge in [-0.15, -0.1) is 0 Å². The van der Waals surface area contributed by atoms with E-state index < -0.39 is 6.10 Å². The summed E-state index contributed by atoms with van der Waals surface area (Å²) in [5, 5.41) is 0. The molecule has 6 heteroatoms. The molecule has 0 amide bonds. The summed E-state index contributed by atoms with van der Waals surface area (Å²) < 4.78 is 16.9. The van der Waals surface area contributed by atoms with Crippen molar-refractivity contribution in [2.75, 3.05) is 13.2 Å². The Kier molecular flexibility index (Phi) is 57.8. The summed E-state index contributed by atoms with van der Waals surface area (Å²) in [4.78, 5) is 38.2. The minimum absolute atomic E-state index is 0.0861. The Morgan fingerprint density at radius 3 is 0.875 bits per heavy atom. The van der Waals surface area contributed by atoms with E-state index in [9.17, 15) is 14.4 Å². The first-order valence-corrected chi connectivity index (χ1v) is 30.9. The van der Waals surface area contributed by atoms with Crippen molar-refractivity contribution >= 4 is 17.9 Å². The molecule has 0 aromatic rings. The Balaban J connectivity index is 4.35. The third-order valence-corrected chi connectivity index (χ3v) is 13.4. The van der Waals surface area contributed by atoms with Gasteiger partial charge in [-0.1, -0.05) is 254 Å². The van der Waals surface area contributed by atoms with Crippen molar-refractivity contribution in [3.8, 4) is 0 Å². The fourth-order valence-electron chi connectivity index (χ4n) is 8.78. The van der Waals surface area contributed by atoms with Crippen molar-refractivity contribution in [3.05, 3.63) is 72.9 Å². The Bertz CT molecular complexity index is 1340. The molecule has 0 aromatic heterocycles. The second kappa shape index (κ2) is 60.4. The highest BCUT2D eigenvalue weighted by Crippen LogP contribution is 2.16. The van der Waals surface area contributed by atoms with Gasteiger partial charge in [0.2, 0.25) is 0 Å². The molecule has 0 aliphatic carbocycles. The monoisotopic (exact) mass is 1000 g/mol. The topological polar surface area (TPSA) is 78.9 Å². The molecule has 0 aromatic carbocycles. The van der Waals surface area contributed by atoms with Gasteiger partial charge in [0.25, 0.3) is 0 Å². The average molecular weight is 1010 g/mol.